The number of aliphatic hydroxyl groups is 3. The van der Waals surface area contributed by atoms with Gasteiger partial charge in [0, 0.05) is 19.6 Å². The quantitative estimate of drug-likeness (QED) is 0.425. The Balaban J connectivity index is 2.14. The van der Waals surface area contributed by atoms with E-state index in [0.29, 0.717) is 32.4 Å². The maximum Gasteiger partial charge on any atom is 0.155 e. The Morgan fingerprint density at radius 1 is 1.29 bits per heavy atom. The van der Waals surface area contributed by atoms with Gasteiger partial charge < -0.3 is 25.4 Å². The van der Waals surface area contributed by atoms with Gasteiger partial charge in [-0.1, -0.05) is 0 Å². The Bertz CT molecular complexity index is 156. The van der Waals surface area contributed by atoms with Crippen molar-refractivity contribution in [3.63, 3.8) is 0 Å². The predicted octanol–water partition coefficient (Wildman–Crippen LogP) is -1.18. The number of aliphatic hydroxyl groups excluding tert-OH is 3. The molecule has 5 heteroatoms. The first-order chi connectivity index (χ1) is 6.74. The van der Waals surface area contributed by atoms with Crippen molar-refractivity contribution in [1.82, 2.24) is 5.32 Å². The van der Waals surface area contributed by atoms with Gasteiger partial charge >= 0.3 is 0 Å². The summed E-state index contributed by atoms with van der Waals surface area (Å²) in [5.74, 6) is 0. The second kappa shape index (κ2) is 6.31. The van der Waals surface area contributed by atoms with Crippen molar-refractivity contribution in [1.29, 1.82) is 0 Å². The first-order valence-corrected chi connectivity index (χ1v) is 5.07. The van der Waals surface area contributed by atoms with Crippen molar-refractivity contribution in [2.24, 2.45) is 0 Å². The molecule has 1 fully saturated rings. The minimum atomic E-state index is -0.747. The molecule has 0 aromatic carbocycles. The van der Waals surface area contributed by atoms with E-state index in [1.807, 2.05) is 0 Å². The smallest absolute Gasteiger partial charge is 0.155 e. The van der Waals surface area contributed by atoms with Gasteiger partial charge in [-0.15, -0.1) is 0 Å². The summed E-state index contributed by atoms with van der Waals surface area (Å²) < 4.78 is 5.16. The fourth-order valence-electron chi connectivity index (χ4n) is 1.49. The van der Waals surface area contributed by atoms with E-state index in [4.69, 9.17) is 9.84 Å². The van der Waals surface area contributed by atoms with Crippen LogP contribution in [0, 0.1) is 0 Å². The number of rotatable bonds is 5. The van der Waals surface area contributed by atoms with E-state index < -0.39 is 12.4 Å². The van der Waals surface area contributed by atoms with Crippen LogP contribution in [0.4, 0.5) is 0 Å². The fourth-order valence-corrected chi connectivity index (χ4v) is 1.49. The van der Waals surface area contributed by atoms with Gasteiger partial charge in [-0.3, -0.25) is 0 Å². The summed E-state index contributed by atoms with van der Waals surface area (Å²) in [6.45, 7) is 1.36. The molecule has 0 aliphatic carbocycles. The van der Waals surface area contributed by atoms with E-state index in [-0.39, 0.29) is 12.7 Å². The van der Waals surface area contributed by atoms with E-state index >= 15 is 0 Å². The monoisotopic (exact) mass is 205 g/mol. The molecular formula is C9H19NO4. The Kier molecular flexibility index (Phi) is 5.36. The highest BCUT2D eigenvalue weighted by Crippen LogP contribution is 2.17. The van der Waals surface area contributed by atoms with Gasteiger partial charge in [-0.05, 0) is 19.4 Å². The molecule has 0 saturated carbocycles. The van der Waals surface area contributed by atoms with Crippen LogP contribution >= 0.6 is 0 Å². The normalized spacial score (nSPS) is 33.2. The average Bonchev–Trinajstić information content (AvgIpc) is 2.18. The van der Waals surface area contributed by atoms with Crippen molar-refractivity contribution in [3.05, 3.63) is 0 Å². The Morgan fingerprint density at radius 2 is 2.07 bits per heavy atom. The first-order valence-electron chi connectivity index (χ1n) is 5.07. The molecule has 1 unspecified atom stereocenters. The van der Waals surface area contributed by atoms with E-state index in [0.717, 1.165) is 0 Å². The zero-order valence-electron chi connectivity index (χ0n) is 8.22. The van der Waals surface area contributed by atoms with Crippen molar-refractivity contribution in [2.75, 3.05) is 19.7 Å². The number of nitrogens with one attached hydrogen (secondary N) is 1. The van der Waals surface area contributed by atoms with Crippen molar-refractivity contribution < 1.29 is 20.1 Å². The lowest BCUT2D eigenvalue weighted by Gasteiger charge is -2.31. The maximum absolute atomic E-state index is 9.52. The Morgan fingerprint density at radius 3 is 2.79 bits per heavy atom. The summed E-state index contributed by atoms with van der Waals surface area (Å²) in [5, 5.41) is 30.3. The van der Waals surface area contributed by atoms with E-state index in [1.54, 1.807) is 0 Å². The molecule has 4 N–H and O–H groups in total. The van der Waals surface area contributed by atoms with Crippen LogP contribution in [-0.4, -0.2) is 53.5 Å². The lowest BCUT2D eigenvalue weighted by atomic mass is 10.0. The van der Waals surface area contributed by atoms with Gasteiger partial charge in [0.15, 0.2) is 6.29 Å². The largest absolute Gasteiger partial charge is 0.396 e. The Labute approximate surface area is 83.7 Å². The summed E-state index contributed by atoms with van der Waals surface area (Å²) in [6.07, 6.45) is 0.174. The van der Waals surface area contributed by atoms with Gasteiger partial charge in [0.25, 0.3) is 0 Å². The van der Waals surface area contributed by atoms with Crippen molar-refractivity contribution in [3.8, 4) is 0 Å². The lowest BCUT2D eigenvalue weighted by molar-refractivity contribution is -0.196. The standard InChI is InChI=1S/C9H19NO4/c11-5-1-4-10-6-8-7(12)2-3-9(13)14-8/h7-13H,1-6H2/t7-,8?,9-/m0/s1. The van der Waals surface area contributed by atoms with Gasteiger partial charge in [-0.25, -0.2) is 0 Å². The van der Waals surface area contributed by atoms with Crippen molar-refractivity contribution >= 4 is 0 Å². The number of hydrogen-bond acceptors (Lipinski definition) is 5. The average molecular weight is 205 g/mol. The summed E-state index contributed by atoms with van der Waals surface area (Å²) in [7, 11) is 0. The van der Waals surface area contributed by atoms with Crippen molar-refractivity contribution in [2.45, 2.75) is 37.8 Å². The fraction of sp³-hybridized carbons (Fsp3) is 1.00. The molecule has 14 heavy (non-hydrogen) atoms. The highest BCUT2D eigenvalue weighted by atomic mass is 16.6. The summed E-state index contributed by atoms with van der Waals surface area (Å²) in [5.41, 5.74) is 0. The third-order valence-corrected chi connectivity index (χ3v) is 2.33. The zero-order chi connectivity index (χ0) is 10.4. The zero-order valence-corrected chi connectivity index (χ0v) is 8.22. The minimum absolute atomic E-state index is 0.156. The molecule has 1 saturated heterocycles. The molecule has 0 aromatic heterocycles. The van der Waals surface area contributed by atoms with E-state index in [2.05, 4.69) is 5.32 Å². The predicted molar refractivity (Wildman–Crippen MR) is 50.7 cm³/mol. The highest BCUT2D eigenvalue weighted by Gasteiger charge is 2.28. The minimum Gasteiger partial charge on any atom is -0.396 e. The van der Waals surface area contributed by atoms with E-state index in [1.165, 1.54) is 0 Å². The number of hydrogen-bond donors (Lipinski definition) is 4. The van der Waals surface area contributed by atoms with Crippen LogP contribution in [0.1, 0.15) is 19.3 Å². The molecule has 0 radical (unpaired) electrons. The molecule has 0 spiro atoms. The van der Waals surface area contributed by atoms with Crippen LogP contribution in [0.15, 0.2) is 0 Å². The van der Waals surface area contributed by atoms with Crippen LogP contribution in [-0.2, 0) is 4.74 Å². The van der Waals surface area contributed by atoms with Crippen LogP contribution in [0.2, 0.25) is 0 Å². The van der Waals surface area contributed by atoms with Gasteiger partial charge in [0.2, 0.25) is 0 Å². The van der Waals surface area contributed by atoms with Gasteiger partial charge in [-0.2, -0.15) is 0 Å². The maximum atomic E-state index is 9.52. The topological polar surface area (TPSA) is 82.0 Å². The molecule has 84 valence electrons. The second-order valence-corrected chi connectivity index (χ2v) is 3.56. The number of ether oxygens (including phenoxy) is 1. The summed E-state index contributed by atoms with van der Waals surface area (Å²) in [4.78, 5) is 0. The summed E-state index contributed by atoms with van der Waals surface area (Å²) in [6, 6.07) is 0. The molecule has 1 heterocycles. The summed E-state index contributed by atoms with van der Waals surface area (Å²) >= 11 is 0. The molecule has 0 bridgehead atoms. The highest BCUT2D eigenvalue weighted by molar-refractivity contribution is 4.76. The molecule has 1 rings (SSSR count). The van der Waals surface area contributed by atoms with Crippen LogP contribution in [0.5, 0.6) is 0 Å². The molecule has 1 aliphatic rings. The molecule has 0 amide bonds. The molecule has 3 atom stereocenters. The lowest BCUT2D eigenvalue weighted by Crippen LogP contribution is -2.45. The SMILES string of the molecule is OCCCNCC1O[C@H](O)CC[C@@H]1O. The van der Waals surface area contributed by atoms with Crippen LogP contribution in [0.3, 0.4) is 0 Å². The second-order valence-electron chi connectivity index (χ2n) is 3.56. The van der Waals surface area contributed by atoms with Gasteiger partial charge in [0.05, 0.1) is 12.2 Å². The first kappa shape index (κ1) is 11.9. The van der Waals surface area contributed by atoms with Gasteiger partial charge in [0.1, 0.15) is 0 Å². The molecule has 5 nitrogen and oxygen atoms in total. The Hall–Kier alpha value is -0.200. The third kappa shape index (κ3) is 3.89. The molecular weight excluding hydrogens is 186 g/mol. The molecule has 1 aliphatic heterocycles. The third-order valence-electron chi connectivity index (χ3n) is 2.33. The van der Waals surface area contributed by atoms with Crippen LogP contribution < -0.4 is 5.32 Å². The van der Waals surface area contributed by atoms with E-state index in [9.17, 15) is 10.2 Å². The van der Waals surface area contributed by atoms with Crippen LogP contribution in [0.25, 0.3) is 0 Å². The molecule has 0 aromatic rings.